The number of hydrogen-bond acceptors (Lipinski definition) is 5. The number of aryl methyl sites for hydroxylation is 2. The number of nitrogens with zero attached hydrogens (tertiary/aromatic N) is 3. The number of amides is 2. The van der Waals surface area contributed by atoms with E-state index in [1.807, 2.05) is 11.6 Å². The van der Waals surface area contributed by atoms with Crippen molar-refractivity contribution < 1.29 is 9.53 Å². The zero-order chi connectivity index (χ0) is 16.5. The van der Waals surface area contributed by atoms with E-state index < -0.39 is 0 Å². The molecule has 7 nitrogen and oxygen atoms in total. The Bertz CT molecular complexity index is 741. The molecule has 4 heterocycles. The summed E-state index contributed by atoms with van der Waals surface area (Å²) in [7, 11) is 0. The molecule has 4 rings (SSSR count). The molecular weight excluding hydrogens is 326 g/mol. The Morgan fingerprint density at radius 2 is 2.46 bits per heavy atom. The third-order valence-electron chi connectivity index (χ3n) is 4.51. The summed E-state index contributed by atoms with van der Waals surface area (Å²) < 4.78 is 7.69. The maximum atomic E-state index is 12.3. The van der Waals surface area contributed by atoms with Crippen LogP contribution in [0.1, 0.15) is 47.1 Å². The third-order valence-corrected chi connectivity index (χ3v) is 5.51. The summed E-state index contributed by atoms with van der Waals surface area (Å²) in [5.41, 5.74) is 1.21. The lowest BCUT2D eigenvalue weighted by Crippen LogP contribution is -2.42. The van der Waals surface area contributed by atoms with Gasteiger partial charge in [-0.3, -0.25) is 0 Å². The smallest absolute Gasteiger partial charge is 0.315 e. The van der Waals surface area contributed by atoms with E-state index in [4.69, 9.17) is 4.74 Å². The van der Waals surface area contributed by atoms with Crippen molar-refractivity contribution in [1.82, 2.24) is 25.4 Å². The summed E-state index contributed by atoms with van der Waals surface area (Å²) in [6.07, 6.45) is 2.79. The monoisotopic (exact) mass is 347 g/mol. The first-order chi connectivity index (χ1) is 11.7. The van der Waals surface area contributed by atoms with Gasteiger partial charge in [-0.15, -0.1) is 11.3 Å². The second kappa shape index (κ2) is 6.52. The zero-order valence-corrected chi connectivity index (χ0v) is 14.4. The van der Waals surface area contributed by atoms with E-state index in [1.54, 1.807) is 11.3 Å². The molecule has 0 saturated heterocycles. The van der Waals surface area contributed by atoms with Gasteiger partial charge in [-0.05, 0) is 36.8 Å². The van der Waals surface area contributed by atoms with Gasteiger partial charge in [0.1, 0.15) is 17.8 Å². The van der Waals surface area contributed by atoms with Crippen LogP contribution >= 0.6 is 11.3 Å². The van der Waals surface area contributed by atoms with Gasteiger partial charge in [0.15, 0.2) is 0 Å². The van der Waals surface area contributed by atoms with Crippen molar-refractivity contribution in [3.63, 3.8) is 0 Å². The van der Waals surface area contributed by atoms with Gasteiger partial charge >= 0.3 is 6.03 Å². The number of thiophene rings is 1. The number of carbonyl (C=O) groups is 1. The molecule has 0 spiro atoms. The Kier molecular flexibility index (Phi) is 4.24. The second-order valence-corrected chi connectivity index (χ2v) is 7.20. The predicted octanol–water partition coefficient (Wildman–Crippen LogP) is 2.10. The summed E-state index contributed by atoms with van der Waals surface area (Å²) in [5.74, 6) is 1.60. The molecule has 0 unspecified atom stereocenters. The Labute approximate surface area is 144 Å². The van der Waals surface area contributed by atoms with E-state index in [0.717, 1.165) is 37.5 Å². The highest BCUT2D eigenvalue weighted by Crippen LogP contribution is 2.30. The molecule has 0 bridgehead atoms. The van der Waals surface area contributed by atoms with Crippen LogP contribution < -0.4 is 10.6 Å². The molecule has 2 aromatic rings. The highest BCUT2D eigenvalue weighted by Gasteiger charge is 2.26. The van der Waals surface area contributed by atoms with Crippen LogP contribution in [0, 0.1) is 6.92 Å². The van der Waals surface area contributed by atoms with Crippen molar-refractivity contribution in [2.24, 2.45) is 0 Å². The number of urea groups is 1. The van der Waals surface area contributed by atoms with Gasteiger partial charge in [0, 0.05) is 24.4 Å². The molecule has 0 fully saturated rings. The van der Waals surface area contributed by atoms with E-state index in [1.165, 1.54) is 10.4 Å². The number of carbonyl (C=O) groups excluding carboxylic acids is 1. The van der Waals surface area contributed by atoms with Gasteiger partial charge in [-0.1, -0.05) is 0 Å². The molecule has 2 aromatic heterocycles. The normalized spacial score (nSPS) is 22.5. The van der Waals surface area contributed by atoms with Gasteiger partial charge in [-0.2, -0.15) is 5.10 Å². The van der Waals surface area contributed by atoms with Crippen LogP contribution in [0.15, 0.2) is 11.4 Å². The first-order valence-corrected chi connectivity index (χ1v) is 9.22. The second-order valence-electron chi connectivity index (χ2n) is 6.20. The Morgan fingerprint density at radius 3 is 3.38 bits per heavy atom. The quantitative estimate of drug-likeness (QED) is 0.891. The fraction of sp³-hybridized carbons (Fsp3) is 0.562. The minimum Gasteiger partial charge on any atom is -0.371 e. The first kappa shape index (κ1) is 15.6. The maximum absolute atomic E-state index is 12.3. The standard InChI is InChI=1S/C16H21N5O2S/c1-10-18-15-12(3-2-6-21(15)20-10)19-16(22)17-9-13-11-5-8-24-14(11)4-7-23-13/h5,8,12-13H,2-4,6-7,9H2,1H3,(H2,17,19,22)/t12-,13-/m0/s1. The van der Waals surface area contributed by atoms with Crippen LogP contribution in [0.25, 0.3) is 0 Å². The van der Waals surface area contributed by atoms with E-state index >= 15 is 0 Å². The molecular formula is C16H21N5O2S. The largest absolute Gasteiger partial charge is 0.371 e. The van der Waals surface area contributed by atoms with Gasteiger partial charge in [-0.25, -0.2) is 14.5 Å². The summed E-state index contributed by atoms with van der Waals surface area (Å²) >= 11 is 1.76. The molecule has 2 amide bonds. The Morgan fingerprint density at radius 1 is 1.54 bits per heavy atom. The van der Waals surface area contributed by atoms with E-state index in [2.05, 4.69) is 32.2 Å². The van der Waals surface area contributed by atoms with Crippen molar-refractivity contribution in [3.8, 4) is 0 Å². The lowest BCUT2D eigenvalue weighted by atomic mass is 10.1. The minimum atomic E-state index is -0.181. The SMILES string of the molecule is Cc1nc2n(n1)CCC[C@@H]2NC(=O)NC[C@@H]1OCCc2sccc21. The lowest BCUT2D eigenvalue weighted by Gasteiger charge is -2.25. The zero-order valence-electron chi connectivity index (χ0n) is 13.6. The average Bonchev–Trinajstić information content (AvgIpc) is 3.19. The van der Waals surface area contributed by atoms with Crippen molar-refractivity contribution in [2.45, 2.75) is 44.9 Å². The summed E-state index contributed by atoms with van der Waals surface area (Å²) in [6.45, 7) is 3.94. The number of rotatable bonds is 3. The fourth-order valence-electron chi connectivity index (χ4n) is 3.39. The number of aromatic nitrogens is 3. The summed E-state index contributed by atoms with van der Waals surface area (Å²) in [6, 6.07) is 1.83. The number of nitrogens with one attached hydrogen (secondary N) is 2. The van der Waals surface area contributed by atoms with Gasteiger partial charge in [0.25, 0.3) is 0 Å². The van der Waals surface area contributed by atoms with Gasteiger partial charge < -0.3 is 15.4 Å². The summed E-state index contributed by atoms with van der Waals surface area (Å²) in [4.78, 5) is 18.1. The molecule has 0 aliphatic carbocycles. The van der Waals surface area contributed by atoms with Gasteiger partial charge in [0.2, 0.25) is 0 Å². The molecule has 0 saturated carbocycles. The van der Waals surface area contributed by atoms with Crippen LogP contribution in [0.5, 0.6) is 0 Å². The van der Waals surface area contributed by atoms with Gasteiger partial charge in [0.05, 0.1) is 12.6 Å². The molecule has 2 N–H and O–H groups in total. The van der Waals surface area contributed by atoms with E-state index in [9.17, 15) is 4.79 Å². The lowest BCUT2D eigenvalue weighted by molar-refractivity contribution is 0.0453. The average molecular weight is 347 g/mol. The molecule has 2 aliphatic rings. The molecule has 8 heteroatoms. The van der Waals surface area contributed by atoms with E-state index in [0.29, 0.717) is 13.2 Å². The van der Waals surface area contributed by atoms with Crippen LogP contribution in [0.2, 0.25) is 0 Å². The Balaban J connectivity index is 1.35. The predicted molar refractivity (Wildman–Crippen MR) is 90.0 cm³/mol. The number of hydrogen-bond donors (Lipinski definition) is 2. The fourth-order valence-corrected chi connectivity index (χ4v) is 4.31. The molecule has 24 heavy (non-hydrogen) atoms. The first-order valence-electron chi connectivity index (χ1n) is 8.34. The van der Waals surface area contributed by atoms with Crippen LogP contribution in [-0.2, 0) is 17.7 Å². The molecule has 2 aliphatic heterocycles. The third kappa shape index (κ3) is 3.03. The van der Waals surface area contributed by atoms with Crippen molar-refractivity contribution >= 4 is 17.4 Å². The minimum absolute atomic E-state index is 0.0528. The van der Waals surface area contributed by atoms with Crippen molar-refractivity contribution in [3.05, 3.63) is 33.5 Å². The van der Waals surface area contributed by atoms with Crippen LogP contribution in [-0.4, -0.2) is 33.9 Å². The molecule has 128 valence electrons. The number of ether oxygens (including phenoxy) is 1. The van der Waals surface area contributed by atoms with E-state index in [-0.39, 0.29) is 18.2 Å². The molecule has 0 radical (unpaired) electrons. The van der Waals surface area contributed by atoms with Crippen LogP contribution in [0.4, 0.5) is 4.79 Å². The molecule has 2 atom stereocenters. The van der Waals surface area contributed by atoms with Crippen molar-refractivity contribution in [1.29, 1.82) is 0 Å². The number of fused-ring (bicyclic) bond motifs is 2. The highest BCUT2D eigenvalue weighted by molar-refractivity contribution is 7.10. The summed E-state index contributed by atoms with van der Waals surface area (Å²) in [5, 5.41) is 12.4. The highest BCUT2D eigenvalue weighted by atomic mass is 32.1. The molecule has 0 aromatic carbocycles. The van der Waals surface area contributed by atoms with Crippen molar-refractivity contribution in [2.75, 3.05) is 13.2 Å². The maximum Gasteiger partial charge on any atom is 0.315 e. The van der Waals surface area contributed by atoms with Crippen LogP contribution in [0.3, 0.4) is 0 Å². The topological polar surface area (TPSA) is 81.1 Å². The Hall–Kier alpha value is -1.93.